The van der Waals surface area contributed by atoms with Crippen LogP contribution in [0.3, 0.4) is 0 Å². The van der Waals surface area contributed by atoms with E-state index < -0.39 is 23.7 Å². The molecule has 1 aromatic rings. The number of amides is 2. The van der Waals surface area contributed by atoms with Gasteiger partial charge in [-0.25, -0.2) is 0 Å². The smallest absolute Gasteiger partial charge is 0.326 e. The van der Waals surface area contributed by atoms with Crippen molar-refractivity contribution in [3.8, 4) is 11.5 Å². The summed E-state index contributed by atoms with van der Waals surface area (Å²) in [5.41, 5.74) is 0.574. The van der Waals surface area contributed by atoms with Crippen LogP contribution in [0, 0.1) is 0 Å². The van der Waals surface area contributed by atoms with Crippen molar-refractivity contribution in [3.63, 3.8) is 0 Å². The Morgan fingerprint density at radius 3 is 2.48 bits per heavy atom. The monoisotopic (exact) mass is 441 g/mol. The maximum Gasteiger partial charge on any atom is 0.326 e. The van der Waals surface area contributed by atoms with Gasteiger partial charge in [0.1, 0.15) is 6.54 Å². The van der Waals surface area contributed by atoms with E-state index in [1.54, 1.807) is 26.0 Å². The van der Waals surface area contributed by atoms with Crippen LogP contribution in [-0.2, 0) is 14.3 Å². The number of thioether (sulfide) groups is 1. The van der Waals surface area contributed by atoms with Gasteiger partial charge in [-0.2, -0.15) is 0 Å². The molecule has 0 saturated carbocycles. The molecule has 0 atom stereocenters. The summed E-state index contributed by atoms with van der Waals surface area (Å²) in [6, 6.07) is 3.32. The molecule has 2 amide bonds. The molecule has 2 rings (SSSR count). The van der Waals surface area contributed by atoms with Crippen LogP contribution >= 0.6 is 23.4 Å². The fourth-order valence-corrected chi connectivity index (χ4v) is 3.60. The van der Waals surface area contributed by atoms with Crippen LogP contribution in [-0.4, -0.2) is 47.4 Å². The van der Waals surface area contributed by atoms with Crippen molar-refractivity contribution >= 4 is 46.6 Å². The topological polar surface area (TPSA) is 82.1 Å². The number of halogens is 1. The lowest BCUT2D eigenvalue weighted by molar-refractivity contribution is -0.149. The molecule has 0 spiro atoms. The summed E-state index contributed by atoms with van der Waals surface area (Å²) in [6.45, 7) is 8.95. The molecule has 1 aliphatic heterocycles. The number of nitrogens with zero attached hydrogens (tertiary/aromatic N) is 1. The Bertz CT molecular complexity index is 837. The van der Waals surface area contributed by atoms with Crippen molar-refractivity contribution in [2.24, 2.45) is 0 Å². The first-order valence-corrected chi connectivity index (χ1v) is 10.4. The number of carbonyl (C=O) groups excluding carboxylic acids is 3. The number of hydrogen-bond acceptors (Lipinski definition) is 7. The van der Waals surface area contributed by atoms with Gasteiger partial charge in [-0.05, 0) is 70.2 Å². The van der Waals surface area contributed by atoms with Gasteiger partial charge in [0.15, 0.2) is 11.5 Å². The lowest BCUT2D eigenvalue weighted by atomic mass is 10.1. The number of hydrogen-bond donors (Lipinski definition) is 0. The molecule has 0 N–H and O–H groups in total. The van der Waals surface area contributed by atoms with Crippen molar-refractivity contribution in [3.05, 3.63) is 27.6 Å². The van der Waals surface area contributed by atoms with Crippen molar-refractivity contribution in [1.29, 1.82) is 0 Å². The Morgan fingerprint density at radius 1 is 1.21 bits per heavy atom. The number of ether oxygens (including phenoxy) is 3. The predicted octanol–water partition coefficient (Wildman–Crippen LogP) is 4.51. The molecule has 0 unspecified atom stereocenters. The Labute approximate surface area is 179 Å². The molecule has 9 heteroatoms. The first kappa shape index (κ1) is 23.1. The van der Waals surface area contributed by atoms with Crippen molar-refractivity contribution < 1.29 is 28.6 Å². The van der Waals surface area contributed by atoms with Gasteiger partial charge >= 0.3 is 5.97 Å². The zero-order valence-electron chi connectivity index (χ0n) is 17.0. The number of imide groups is 1. The molecular formula is C20H24ClNO6S. The molecule has 0 radical (unpaired) electrons. The van der Waals surface area contributed by atoms with Crippen LogP contribution in [0.1, 0.15) is 40.2 Å². The van der Waals surface area contributed by atoms with E-state index in [2.05, 4.69) is 0 Å². The van der Waals surface area contributed by atoms with Crippen LogP contribution in [0.2, 0.25) is 5.02 Å². The summed E-state index contributed by atoms with van der Waals surface area (Å²) in [6.07, 6.45) is 1.11. The lowest BCUT2D eigenvalue weighted by Crippen LogP contribution is -2.35. The van der Waals surface area contributed by atoms with E-state index in [0.29, 0.717) is 28.7 Å². The highest BCUT2D eigenvalue weighted by atomic mass is 35.5. The summed E-state index contributed by atoms with van der Waals surface area (Å²) in [4.78, 5) is 37.6. The van der Waals surface area contributed by atoms with Gasteiger partial charge in [0.2, 0.25) is 0 Å². The highest BCUT2D eigenvalue weighted by molar-refractivity contribution is 8.18. The molecule has 0 bridgehead atoms. The van der Waals surface area contributed by atoms with E-state index in [0.717, 1.165) is 16.7 Å². The summed E-state index contributed by atoms with van der Waals surface area (Å²) in [5, 5.41) is -0.200. The Morgan fingerprint density at radius 2 is 1.90 bits per heavy atom. The first-order valence-electron chi connectivity index (χ1n) is 9.20. The molecule has 7 nitrogen and oxygen atoms in total. The van der Waals surface area contributed by atoms with Crippen LogP contribution in [0.25, 0.3) is 6.08 Å². The molecule has 29 heavy (non-hydrogen) atoms. The molecule has 1 aromatic carbocycles. The second-order valence-electron chi connectivity index (χ2n) is 6.74. The second kappa shape index (κ2) is 10.0. The van der Waals surface area contributed by atoms with E-state index in [4.69, 9.17) is 25.8 Å². The highest BCUT2D eigenvalue weighted by Gasteiger charge is 2.36. The minimum absolute atomic E-state index is 0.0975. The SMILES string of the molecule is CCOc1cc(/C=C2/SC(=O)N(CC(=O)OC(C)C)C2=O)cc(Cl)c1OC(C)C. The minimum Gasteiger partial charge on any atom is -0.490 e. The third-order valence-electron chi connectivity index (χ3n) is 3.51. The first-order chi connectivity index (χ1) is 13.6. The van der Waals surface area contributed by atoms with E-state index in [-0.39, 0.29) is 17.1 Å². The third kappa shape index (κ3) is 6.14. The molecule has 1 saturated heterocycles. The second-order valence-corrected chi connectivity index (χ2v) is 8.14. The largest absolute Gasteiger partial charge is 0.490 e. The number of esters is 1. The van der Waals surface area contributed by atoms with Gasteiger partial charge in [0, 0.05) is 0 Å². The normalized spacial score (nSPS) is 15.6. The highest BCUT2D eigenvalue weighted by Crippen LogP contribution is 2.39. The minimum atomic E-state index is -0.639. The van der Waals surface area contributed by atoms with Crippen molar-refractivity contribution in [1.82, 2.24) is 4.90 Å². The maximum absolute atomic E-state index is 12.6. The van der Waals surface area contributed by atoms with E-state index in [1.807, 2.05) is 20.8 Å². The molecule has 1 heterocycles. The van der Waals surface area contributed by atoms with Gasteiger partial charge in [-0.15, -0.1) is 0 Å². The van der Waals surface area contributed by atoms with Crippen LogP contribution < -0.4 is 9.47 Å². The van der Waals surface area contributed by atoms with Gasteiger partial charge in [-0.3, -0.25) is 19.3 Å². The van der Waals surface area contributed by atoms with Gasteiger partial charge in [0.05, 0.1) is 28.7 Å². The predicted molar refractivity (Wildman–Crippen MR) is 112 cm³/mol. The molecule has 0 aliphatic carbocycles. The average Bonchev–Trinajstić information content (AvgIpc) is 2.85. The van der Waals surface area contributed by atoms with Crippen LogP contribution in [0.15, 0.2) is 17.0 Å². The van der Waals surface area contributed by atoms with Gasteiger partial charge < -0.3 is 14.2 Å². The average molecular weight is 442 g/mol. The lowest BCUT2D eigenvalue weighted by Gasteiger charge is -2.16. The van der Waals surface area contributed by atoms with Crippen LogP contribution in [0.4, 0.5) is 4.79 Å². The Kier molecular flexibility index (Phi) is 7.98. The molecule has 158 valence electrons. The Balaban J connectivity index is 2.28. The van der Waals surface area contributed by atoms with Crippen LogP contribution in [0.5, 0.6) is 11.5 Å². The van der Waals surface area contributed by atoms with Gasteiger partial charge in [-0.1, -0.05) is 11.6 Å². The maximum atomic E-state index is 12.6. The van der Waals surface area contributed by atoms with Crippen molar-refractivity contribution in [2.75, 3.05) is 13.2 Å². The molecule has 0 aromatic heterocycles. The number of benzene rings is 1. The standard InChI is InChI=1S/C20H24ClNO6S/c1-6-26-15-8-13(7-14(21)18(15)28-12(4)5)9-16-19(24)22(20(25)29-16)10-17(23)27-11(2)3/h7-9,11-12H,6,10H2,1-5H3/b16-9+. The zero-order chi connectivity index (χ0) is 21.7. The third-order valence-corrected chi connectivity index (χ3v) is 4.70. The molecule has 1 aliphatic rings. The van der Waals surface area contributed by atoms with E-state index in [9.17, 15) is 14.4 Å². The summed E-state index contributed by atoms with van der Waals surface area (Å²) in [5.74, 6) is -0.331. The van der Waals surface area contributed by atoms with Gasteiger partial charge in [0.25, 0.3) is 11.1 Å². The zero-order valence-corrected chi connectivity index (χ0v) is 18.6. The Hall–Kier alpha value is -2.19. The number of carbonyl (C=O) groups is 3. The number of rotatable bonds is 8. The summed E-state index contributed by atoms with van der Waals surface area (Å²) < 4.78 is 16.3. The fourth-order valence-electron chi connectivity index (χ4n) is 2.50. The summed E-state index contributed by atoms with van der Waals surface area (Å²) in [7, 11) is 0. The van der Waals surface area contributed by atoms with E-state index >= 15 is 0 Å². The van der Waals surface area contributed by atoms with Crippen molar-refractivity contribution in [2.45, 2.75) is 46.8 Å². The summed E-state index contributed by atoms with van der Waals surface area (Å²) >= 11 is 7.10. The fraction of sp³-hybridized carbons (Fsp3) is 0.450. The molecule has 1 fully saturated rings. The molecular weight excluding hydrogens is 418 g/mol. The van der Waals surface area contributed by atoms with E-state index in [1.165, 1.54) is 6.08 Å². The quantitative estimate of drug-likeness (QED) is 0.433.